The number of rotatable bonds is 4. The van der Waals surface area contributed by atoms with Crippen molar-refractivity contribution in [2.45, 2.75) is 25.6 Å². The minimum atomic E-state index is -0.0875. The number of ether oxygens (including phenoxy) is 2. The van der Waals surface area contributed by atoms with Crippen LogP contribution in [0.5, 0.6) is 0 Å². The third-order valence-corrected chi connectivity index (χ3v) is 2.81. The van der Waals surface area contributed by atoms with Gasteiger partial charge < -0.3 is 9.47 Å². The molecule has 0 spiro atoms. The van der Waals surface area contributed by atoms with Gasteiger partial charge in [0, 0.05) is 26.2 Å². The number of hydrogen-bond acceptors (Lipinski definition) is 3. The van der Waals surface area contributed by atoms with Crippen molar-refractivity contribution in [1.29, 1.82) is 5.26 Å². The molecule has 1 rings (SSSR count). The smallest absolute Gasteiger partial charge is 0.159 e. The largest absolute Gasteiger partial charge is 0.356 e. The van der Waals surface area contributed by atoms with Crippen LogP contribution >= 0.6 is 0 Å². The second-order valence-corrected chi connectivity index (χ2v) is 3.66. The topological polar surface area (TPSA) is 42.2 Å². The Balaban J connectivity index is 2.40. The molecule has 0 amide bonds. The molecule has 0 bridgehead atoms. The Morgan fingerprint density at radius 1 is 1.36 bits per heavy atom. The minimum absolute atomic E-state index is 0.0875. The maximum Gasteiger partial charge on any atom is 0.159 e. The lowest BCUT2D eigenvalue weighted by Crippen LogP contribution is -2.22. The highest BCUT2D eigenvalue weighted by Crippen LogP contribution is 2.34. The molecule has 78 valence electrons. The second-order valence-electron chi connectivity index (χ2n) is 3.66. The van der Waals surface area contributed by atoms with Gasteiger partial charge in [-0.05, 0) is 25.2 Å². The lowest BCUT2D eigenvalue weighted by Gasteiger charge is -2.19. The van der Waals surface area contributed by atoms with Crippen molar-refractivity contribution in [3.63, 3.8) is 0 Å². The van der Waals surface area contributed by atoms with Crippen molar-refractivity contribution in [1.82, 2.24) is 0 Å². The van der Waals surface area contributed by atoms with Crippen LogP contribution in [0.2, 0.25) is 0 Å². The van der Waals surface area contributed by atoms with Gasteiger partial charge in [-0.1, -0.05) is 6.08 Å². The summed E-state index contributed by atoms with van der Waals surface area (Å²) in [6.45, 7) is 0. The molecule has 2 unspecified atom stereocenters. The highest BCUT2D eigenvalue weighted by Gasteiger charge is 2.29. The van der Waals surface area contributed by atoms with Gasteiger partial charge in [0.05, 0.1) is 6.07 Å². The summed E-state index contributed by atoms with van der Waals surface area (Å²) in [5.41, 5.74) is 0. The molecular formula is C11H17NO2. The average Bonchev–Trinajstić information content (AvgIpc) is 2.65. The quantitative estimate of drug-likeness (QED) is 0.509. The standard InChI is InChI=1S/C11H17NO2/c1-13-11(14-2)10-6-5-9(8-10)4-3-7-12/h3-4,9-11H,5-6,8H2,1-2H3. The summed E-state index contributed by atoms with van der Waals surface area (Å²) in [5, 5.41) is 8.41. The molecule has 1 aliphatic rings. The molecule has 1 saturated carbocycles. The van der Waals surface area contributed by atoms with Crippen molar-refractivity contribution in [3.05, 3.63) is 12.2 Å². The summed E-state index contributed by atoms with van der Waals surface area (Å²) in [4.78, 5) is 0. The van der Waals surface area contributed by atoms with E-state index < -0.39 is 0 Å². The summed E-state index contributed by atoms with van der Waals surface area (Å²) in [7, 11) is 3.35. The number of nitriles is 1. The van der Waals surface area contributed by atoms with Crippen LogP contribution in [0.25, 0.3) is 0 Å². The fraction of sp³-hybridized carbons (Fsp3) is 0.727. The van der Waals surface area contributed by atoms with E-state index in [4.69, 9.17) is 14.7 Å². The highest BCUT2D eigenvalue weighted by molar-refractivity contribution is 5.05. The molecule has 0 saturated heterocycles. The van der Waals surface area contributed by atoms with Crippen molar-refractivity contribution in [2.75, 3.05) is 14.2 Å². The van der Waals surface area contributed by atoms with E-state index >= 15 is 0 Å². The Hall–Kier alpha value is -0.850. The Labute approximate surface area is 85.3 Å². The summed E-state index contributed by atoms with van der Waals surface area (Å²) >= 11 is 0. The number of allylic oxidation sites excluding steroid dienone is 2. The Morgan fingerprint density at radius 3 is 2.64 bits per heavy atom. The Kier molecular flexibility index (Phi) is 4.64. The average molecular weight is 195 g/mol. The zero-order chi connectivity index (χ0) is 10.4. The fourth-order valence-electron chi connectivity index (χ4n) is 2.13. The lowest BCUT2D eigenvalue weighted by molar-refractivity contribution is -0.135. The summed E-state index contributed by atoms with van der Waals surface area (Å²) in [6, 6.07) is 2.02. The maximum absolute atomic E-state index is 8.41. The van der Waals surface area contributed by atoms with E-state index in [9.17, 15) is 0 Å². The van der Waals surface area contributed by atoms with Gasteiger partial charge in [-0.25, -0.2) is 0 Å². The fourth-order valence-corrected chi connectivity index (χ4v) is 2.13. The van der Waals surface area contributed by atoms with Gasteiger partial charge in [-0.15, -0.1) is 0 Å². The van der Waals surface area contributed by atoms with Crippen LogP contribution < -0.4 is 0 Å². The Bertz CT molecular complexity index is 228. The molecule has 1 aliphatic carbocycles. The molecule has 0 radical (unpaired) electrons. The minimum Gasteiger partial charge on any atom is -0.356 e. The van der Waals surface area contributed by atoms with Crippen molar-refractivity contribution < 1.29 is 9.47 Å². The van der Waals surface area contributed by atoms with Gasteiger partial charge in [-0.3, -0.25) is 0 Å². The Morgan fingerprint density at radius 2 is 2.07 bits per heavy atom. The van der Waals surface area contributed by atoms with Crippen LogP contribution in [0.15, 0.2) is 12.2 Å². The first-order valence-corrected chi connectivity index (χ1v) is 4.93. The second kappa shape index (κ2) is 5.79. The molecule has 0 N–H and O–H groups in total. The molecular weight excluding hydrogens is 178 g/mol. The maximum atomic E-state index is 8.41. The van der Waals surface area contributed by atoms with E-state index in [1.54, 1.807) is 20.3 Å². The summed E-state index contributed by atoms with van der Waals surface area (Å²) in [5.74, 6) is 0.991. The molecule has 3 nitrogen and oxygen atoms in total. The van der Waals surface area contributed by atoms with Gasteiger partial charge in [0.1, 0.15) is 0 Å². The van der Waals surface area contributed by atoms with Gasteiger partial charge in [0.15, 0.2) is 6.29 Å². The SMILES string of the molecule is COC(OC)C1CCC(C=CC#N)C1. The van der Waals surface area contributed by atoms with Gasteiger partial charge in [-0.2, -0.15) is 5.26 Å². The number of nitrogens with zero attached hydrogens (tertiary/aromatic N) is 1. The molecule has 0 aliphatic heterocycles. The van der Waals surface area contributed by atoms with Gasteiger partial charge in [0.2, 0.25) is 0 Å². The molecule has 0 aromatic carbocycles. The van der Waals surface area contributed by atoms with Crippen LogP contribution in [0.3, 0.4) is 0 Å². The molecule has 3 heteroatoms. The zero-order valence-electron chi connectivity index (χ0n) is 8.77. The first-order chi connectivity index (χ1) is 6.81. The van der Waals surface area contributed by atoms with Crippen LogP contribution in [-0.4, -0.2) is 20.5 Å². The molecule has 0 aromatic heterocycles. The first-order valence-electron chi connectivity index (χ1n) is 4.93. The van der Waals surface area contributed by atoms with Crippen LogP contribution in [0.1, 0.15) is 19.3 Å². The van der Waals surface area contributed by atoms with E-state index in [0.29, 0.717) is 11.8 Å². The third-order valence-electron chi connectivity index (χ3n) is 2.81. The first kappa shape index (κ1) is 11.2. The number of methoxy groups -OCH3 is 2. The monoisotopic (exact) mass is 195 g/mol. The van der Waals surface area contributed by atoms with Crippen LogP contribution in [-0.2, 0) is 9.47 Å². The molecule has 0 aromatic rings. The third kappa shape index (κ3) is 2.83. The van der Waals surface area contributed by atoms with E-state index in [1.807, 2.05) is 12.1 Å². The molecule has 2 atom stereocenters. The van der Waals surface area contributed by atoms with E-state index in [1.165, 1.54) is 0 Å². The van der Waals surface area contributed by atoms with Crippen molar-refractivity contribution in [2.24, 2.45) is 11.8 Å². The molecule has 14 heavy (non-hydrogen) atoms. The molecule has 1 fully saturated rings. The van der Waals surface area contributed by atoms with Crippen LogP contribution in [0, 0.1) is 23.2 Å². The normalized spacial score (nSPS) is 27.3. The van der Waals surface area contributed by atoms with Crippen LogP contribution in [0.4, 0.5) is 0 Å². The van der Waals surface area contributed by atoms with E-state index in [0.717, 1.165) is 19.3 Å². The predicted molar refractivity (Wildman–Crippen MR) is 53.4 cm³/mol. The van der Waals surface area contributed by atoms with Gasteiger partial charge in [0.25, 0.3) is 0 Å². The van der Waals surface area contributed by atoms with Crippen molar-refractivity contribution in [3.8, 4) is 6.07 Å². The van der Waals surface area contributed by atoms with E-state index in [-0.39, 0.29) is 6.29 Å². The lowest BCUT2D eigenvalue weighted by atomic mass is 10.0. The molecule has 0 heterocycles. The van der Waals surface area contributed by atoms with E-state index in [2.05, 4.69) is 0 Å². The number of hydrogen-bond donors (Lipinski definition) is 0. The summed E-state index contributed by atoms with van der Waals surface area (Å²) in [6.07, 6.45) is 6.78. The summed E-state index contributed by atoms with van der Waals surface area (Å²) < 4.78 is 10.4. The highest BCUT2D eigenvalue weighted by atomic mass is 16.7. The van der Waals surface area contributed by atoms with Crippen molar-refractivity contribution >= 4 is 0 Å². The zero-order valence-corrected chi connectivity index (χ0v) is 8.77. The van der Waals surface area contributed by atoms with Gasteiger partial charge >= 0.3 is 0 Å². The predicted octanol–water partition coefficient (Wildman–Crippen LogP) is 2.10.